The van der Waals surface area contributed by atoms with Crippen LogP contribution in [-0.4, -0.2) is 0 Å². The van der Waals surface area contributed by atoms with Crippen LogP contribution in [0.4, 0.5) is 0 Å². The second-order valence-electron chi connectivity index (χ2n) is 12.2. The smallest absolute Gasteiger partial charge is 0.136 e. The van der Waals surface area contributed by atoms with Crippen molar-refractivity contribution in [3.8, 4) is 22.3 Å². The zero-order chi connectivity index (χ0) is 27.7. The van der Waals surface area contributed by atoms with E-state index < -0.39 is 0 Å². The molecule has 0 atom stereocenters. The van der Waals surface area contributed by atoms with E-state index in [0.717, 1.165) is 21.9 Å². The summed E-state index contributed by atoms with van der Waals surface area (Å²) in [5, 5.41) is 9.84. The number of hydrogen-bond donors (Lipinski definition) is 0. The van der Waals surface area contributed by atoms with Crippen molar-refractivity contribution in [1.82, 2.24) is 0 Å². The third-order valence-corrected chi connectivity index (χ3v) is 8.58. The Morgan fingerprint density at radius 1 is 0.415 bits per heavy atom. The van der Waals surface area contributed by atoms with E-state index in [9.17, 15) is 0 Å². The van der Waals surface area contributed by atoms with Crippen molar-refractivity contribution in [2.75, 3.05) is 0 Å². The topological polar surface area (TPSA) is 13.1 Å². The lowest BCUT2D eigenvalue weighted by molar-refractivity contribution is 0.591. The molecule has 1 aromatic heterocycles. The Morgan fingerprint density at radius 2 is 1.02 bits per heavy atom. The molecule has 0 aliphatic rings. The van der Waals surface area contributed by atoms with Crippen molar-refractivity contribution in [2.45, 2.75) is 26.2 Å². The molecule has 196 valence electrons. The van der Waals surface area contributed by atoms with Gasteiger partial charge in [0.2, 0.25) is 0 Å². The second kappa shape index (κ2) is 8.81. The highest BCUT2D eigenvalue weighted by Crippen LogP contribution is 2.46. The standard InChI is InChI=1S/C40H30O/c1-40(2,3)29-18-19-32-35(24-29)39(31-16-10-9-15-30(31)38(32)25-11-5-4-6-12-25)28-17-20-36-33(22-28)34-21-26-13-7-8-14-27(26)23-37(34)41-36/h4-24H,1-3H3. The first kappa shape index (κ1) is 24.0. The summed E-state index contributed by atoms with van der Waals surface area (Å²) >= 11 is 0. The predicted molar refractivity (Wildman–Crippen MR) is 176 cm³/mol. The highest BCUT2D eigenvalue weighted by Gasteiger charge is 2.21. The Balaban J connectivity index is 1.50. The van der Waals surface area contributed by atoms with Gasteiger partial charge in [-0.25, -0.2) is 0 Å². The van der Waals surface area contributed by atoms with Crippen LogP contribution in [0.2, 0.25) is 0 Å². The molecule has 0 saturated carbocycles. The lowest BCUT2D eigenvalue weighted by Gasteiger charge is -2.23. The molecule has 0 radical (unpaired) electrons. The Labute approximate surface area is 239 Å². The van der Waals surface area contributed by atoms with Gasteiger partial charge < -0.3 is 4.42 Å². The van der Waals surface area contributed by atoms with E-state index in [1.165, 1.54) is 60.1 Å². The van der Waals surface area contributed by atoms with Gasteiger partial charge in [-0.15, -0.1) is 0 Å². The van der Waals surface area contributed by atoms with Gasteiger partial charge in [-0.05, 0) is 95.9 Å². The van der Waals surface area contributed by atoms with Gasteiger partial charge in [-0.1, -0.05) is 118 Å². The summed E-state index contributed by atoms with van der Waals surface area (Å²) in [5.41, 5.74) is 8.24. The van der Waals surface area contributed by atoms with Crippen molar-refractivity contribution in [3.63, 3.8) is 0 Å². The van der Waals surface area contributed by atoms with Crippen molar-refractivity contribution >= 4 is 54.3 Å². The zero-order valence-electron chi connectivity index (χ0n) is 23.5. The molecular formula is C40H30O. The molecule has 0 fully saturated rings. The average molecular weight is 527 g/mol. The fraction of sp³-hybridized carbons (Fsp3) is 0.100. The molecule has 0 aliphatic heterocycles. The molecule has 7 aromatic carbocycles. The molecule has 1 heterocycles. The van der Waals surface area contributed by atoms with Crippen LogP contribution < -0.4 is 0 Å². The van der Waals surface area contributed by atoms with Crippen LogP contribution in [0.15, 0.2) is 132 Å². The molecule has 0 bridgehead atoms. The van der Waals surface area contributed by atoms with Crippen molar-refractivity contribution < 1.29 is 4.42 Å². The molecule has 1 heteroatoms. The number of furan rings is 1. The van der Waals surface area contributed by atoms with Crippen molar-refractivity contribution in [1.29, 1.82) is 0 Å². The summed E-state index contributed by atoms with van der Waals surface area (Å²) in [6.07, 6.45) is 0. The van der Waals surface area contributed by atoms with E-state index >= 15 is 0 Å². The maximum atomic E-state index is 6.37. The first-order valence-electron chi connectivity index (χ1n) is 14.4. The van der Waals surface area contributed by atoms with E-state index in [1.54, 1.807) is 0 Å². The molecular weight excluding hydrogens is 496 g/mol. The maximum absolute atomic E-state index is 6.37. The average Bonchev–Trinajstić information content (AvgIpc) is 3.34. The molecule has 0 unspecified atom stereocenters. The molecule has 0 N–H and O–H groups in total. The summed E-state index contributed by atoms with van der Waals surface area (Å²) in [4.78, 5) is 0. The lowest BCUT2D eigenvalue weighted by atomic mass is 9.81. The first-order valence-corrected chi connectivity index (χ1v) is 14.4. The van der Waals surface area contributed by atoms with Gasteiger partial charge >= 0.3 is 0 Å². The SMILES string of the molecule is CC(C)(C)c1ccc2c(-c3ccccc3)c3ccccc3c(-c3ccc4oc5cc6ccccc6cc5c4c3)c2c1. The maximum Gasteiger partial charge on any atom is 0.136 e. The number of benzene rings is 7. The van der Waals surface area contributed by atoms with E-state index in [-0.39, 0.29) is 5.41 Å². The molecule has 0 aliphatic carbocycles. The molecule has 8 aromatic rings. The largest absolute Gasteiger partial charge is 0.456 e. The summed E-state index contributed by atoms with van der Waals surface area (Å²) in [6.45, 7) is 6.88. The highest BCUT2D eigenvalue weighted by atomic mass is 16.3. The Bertz CT molecular complexity index is 2280. The molecule has 8 rings (SSSR count). The van der Waals surface area contributed by atoms with Crippen molar-refractivity contribution in [2.24, 2.45) is 0 Å². The second-order valence-corrected chi connectivity index (χ2v) is 12.2. The lowest BCUT2D eigenvalue weighted by Crippen LogP contribution is -2.10. The Kier molecular flexibility index (Phi) is 5.15. The van der Waals surface area contributed by atoms with Crippen LogP contribution in [-0.2, 0) is 5.41 Å². The van der Waals surface area contributed by atoms with Gasteiger partial charge in [0.05, 0.1) is 0 Å². The monoisotopic (exact) mass is 526 g/mol. The van der Waals surface area contributed by atoms with E-state index in [0.29, 0.717) is 0 Å². The van der Waals surface area contributed by atoms with Crippen LogP contribution in [0.5, 0.6) is 0 Å². The zero-order valence-corrected chi connectivity index (χ0v) is 23.5. The third-order valence-electron chi connectivity index (χ3n) is 8.58. The minimum atomic E-state index is 0.0375. The minimum absolute atomic E-state index is 0.0375. The summed E-state index contributed by atoms with van der Waals surface area (Å²) in [5.74, 6) is 0. The molecule has 0 spiro atoms. The fourth-order valence-electron chi connectivity index (χ4n) is 6.49. The van der Waals surface area contributed by atoms with Gasteiger partial charge in [-0.2, -0.15) is 0 Å². The molecule has 1 nitrogen and oxygen atoms in total. The first-order chi connectivity index (χ1) is 20.0. The van der Waals surface area contributed by atoms with Crippen LogP contribution in [0.3, 0.4) is 0 Å². The highest BCUT2D eigenvalue weighted by molar-refractivity contribution is 6.22. The van der Waals surface area contributed by atoms with E-state index in [2.05, 4.69) is 148 Å². The van der Waals surface area contributed by atoms with E-state index in [1.807, 2.05) is 0 Å². The predicted octanol–water partition coefficient (Wildman–Crippen LogP) is 11.7. The quantitative estimate of drug-likeness (QED) is 0.204. The summed E-state index contributed by atoms with van der Waals surface area (Å²) in [6, 6.07) is 46.4. The third kappa shape index (κ3) is 3.77. The summed E-state index contributed by atoms with van der Waals surface area (Å²) in [7, 11) is 0. The Hall–Kier alpha value is -4.88. The van der Waals surface area contributed by atoms with Gasteiger partial charge in [0, 0.05) is 10.8 Å². The van der Waals surface area contributed by atoms with Gasteiger partial charge in [0.25, 0.3) is 0 Å². The van der Waals surface area contributed by atoms with Crippen LogP contribution in [0, 0.1) is 0 Å². The number of rotatable bonds is 2. The van der Waals surface area contributed by atoms with Gasteiger partial charge in [-0.3, -0.25) is 0 Å². The van der Waals surface area contributed by atoms with E-state index in [4.69, 9.17) is 4.42 Å². The van der Waals surface area contributed by atoms with Gasteiger partial charge in [0.1, 0.15) is 11.2 Å². The molecule has 41 heavy (non-hydrogen) atoms. The molecule has 0 saturated heterocycles. The number of hydrogen-bond acceptors (Lipinski definition) is 1. The van der Waals surface area contributed by atoms with Crippen LogP contribution in [0.1, 0.15) is 26.3 Å². The van der Waals surface area contributed by atoms with Crippen LogP contribution >= 0.6 is 0 Å². The minimum Gasteiger partial charge on any atom is -0.456 e. The Morgan fingerprint density at radius 3 is 1.76 bits per heavy atom. The van der Waals surface area contributed by atoms with Crippen LogP contribution in [0.25, 0.3) is 76.5 Å². The van der Waals surface area contributed by atoms with Gasteiger partial charge in [0.15, 0.2) is 0 Å². The summed E-state index contributed by atoms with van der Waals surface area (Å²) < 4.78 is 6.37. The normalized spacial score (nSPS) is 12.3. The fourth-order valence-corrected chi connectivity index (χ4v) is 6.49. The number of fused-ring (bicyclic) bond motifs is 6. The molecule has 0 amide bonds. The van der Waals surface area contributed by atoms with Crippen molar-refractivity contribution in [3.05, 3.63) is 133 Å².